The summed E-state index contributed by atoms with van der Waals surface area (Å²) in [5, 5.41) is 26.7. The third-order valence-corrected chi connectivity index (χ3v) is 14.7. The second-order valence-corrected chi connectivity index (χ2v) is 20.5. The van der Waals surface area contributed by atoms with Crippen molar-refractivity contribution in [3.8, 4) is 22.5 Å². The highest BCUT2D eigenvalue weighted by molar-refractivity contribution is 6.33. The van der Waals surface area contributed by atoms with Crippen LogP contribution in [0.15, 0.2) is 66.7 Å². The maximum atomic E-state index is 14.8. The Kier molecular flexibility index (Phi) is 17.2. The van der Waals surface area contributed by atoms with E-state index in [1.165, 1.54) is 46.8 Å². The number of nitrogens with zero attached hydrogens (tertiary/aromatic N) is 10. The number of carboxylic acid groups (broad SMARTS) is 2. The summed E-state index contributed by atoms with van der Waals surface area (Å²) >= 11 is 12.0. The standard InChI is InChI=1S/C27H22ClF4N5O3.C27H32ClF2N5O3/c1-35(26-16(28)3-2-4-17(26)29)23-13-20(15-10-18(30)25(32)19(31)11-15)33-22-12-21(34-37(22)23)27(40)36-7-5-14(6-8-36)9-24(38)39;1-5-7-34(15(2)3)24-13-21(18-9-19(29)26(28)20(30)10-18)31-23-12-22(32-35(23)24)27(38)33-8-6-17(11-25(36)37)16(4)14-33/h2-4,10-14H,5-9H2,1H3,(H,38,39);9-10,12-13,15-17H,5-8,11,14H2,1-4H3,(H,36,37)/t;16-,17-/m.0/s1. The summed E-state index contributed by atoms with van der Waals surface area (Å²) in [4.78, 5) is 64.6. The zero-order valence-electron chi connectivity index (χ0n) is 43.0. The number of carbonyl (C=O) groups excluding carboxylic acids is 2. The van der Waals surface area contributed by atoms with Crippen molar-refractivity contribution in [3.05, 3.63) is 123 Å². The smallest absolute Gasteiger partial charge is 0.303 e. The van der Waals surface area contributed by atoms with Gasteiger partial charge in [-0.05, 0) is 93.7 Å². The van der Waals surface area contributed by atoms with Crippen LogP contribution in [-0.2, 0) is 9.59 Å². The molecule has 0 bridgehead atoms. The van der Waals surface area contributed by atoms with Crippen molar-refractivity contribution in [1.29, 1.82) is 0 Å². The average Bonchev–Trinajstić information content (AvgIpc) is 4.13. The molecule has 24 heteroatoms. The molecule has 3 aromatic carbocycles. The molecule has 6 heterocycles. The maximum Gasteiger partial charge on any atom is 0.303 e. The third kappa shape index (κ3) is 12.1. The lowest BCUT2D eigenvalue weighted by atomic mass is 9.84. The predicted molar refractivity (Wildman–Crippen MR) is 280 cm³/mol. The first-order valence-electron chi connectivity index (χ1n) is 25.1. The van der Waals surface area contributed by atoms with Gasteiger partial charge in [0.1, 0.15) is 34.1 Å². The highest BCUT2D eigenvalue weighted by atomic mass is 35.5. The molecule has 4 aromatic heterocycles. The molecular formula is C54H54Cl2F6N10O6. The molecule has 2 N–H and O–H groups in total. The number of aromatic nitrogens is 6. The van der Waals surface area contributed by atoms with Crippen LogP contribution in [-0.4, -0.2) is 119 Å². The first-order valence-corrected chi connectivity index (χ1v) is 25.9. The molecule has 78 heavy (non-hydrogen) atoms. The van der Waals surface area contributed by atoms with E-state index >= 15 is 0 Å². The Hall–Kier alpha value is -7.46. The maximum absolute atomic E-state index is 14.8. The van der Waals surface area contributed by atoms with Crippen LogP contribution in [0.1, 0.15) is 87.2 Å². The fraction of sp³-hybridized carbons (Fsp3) is 0.370. The topological polar surface area (TPSA) is 182 Å². The van der Waals surface area contributed by atoms with Gasteiger partial charge in [0.2, 0.25) is 0 Å². The first-order chi connectivity index (χ1) is 37.0. The molecule has 2 atom stereocenters. The van der Waals surface area contributed by atoms with Gasteiger partial charge in [-0.15, -0.1) is 0 Å². The summed E-state index contributed by atoms with van der Waals surface area (Å²) < 4.78 is 88.0. The molecule has 0 aliphatic carbocycles. The first kappa shape index (κ1) is 56.7. The molecule has 2 saturated heterocycles. The number of aliphatic carboxylic acids is 2. The number of piperidine rings is 2. The molecule has 0 spiro atoms. The Morgan fingerprint density at radius 3 is 1.72 bits per heavy atom. The van der Waals surface area contributed by atoms with E-state index in [2.05, 4.69) is 25.1 Å². The van der Waals surface area contributed by atoms with Crippen LogP contribution in [0.3, 0.4) is 0 Å². The SMILES string of the molecule is CCCN(c1cc(-c2cc(F)c(Cl)c(F)c2)nc2cc(C(=O)N3CC[C@@H](CC(=O)O)[C@@H](C)C3)nn12)C(C)C.CN(c1c(F)cccc1Cl)c1cc(-c2cc(F)c(F)c(F)c2)nc2cc(C(=O)N3CCC(CC(=O)O)CC3)nn12. The molecule has 16 nitrogen and oxygen atoms in total. The summed E-state index contributed by atoms with van der Waals surface area (Å²) in [7, 11) is 1.49. The molecule has 0 unspecified atom stereocenters. The van der Waals surface area contributed by atoms with Crippen LogP contribution < -0.4 is 9.80 Å². The molecule has 9 rings (SSSR count). The van der Waals surface area contributed by atoms with Crippen LogP contribution in [0.25, 0.3) is 33.8 Å². The number of para-hydroxylation sites is 1. The van der Waals surface area contributed by atoms with E-state index in [4.69, 9.17) is 33.4 Å². The molecule has 2 amide bonds. The minimum absolute atomic E-state index is 0.00656. The molecular weight excluding hydrogens is 1070 g/mol. The lowest BCUT2D eigenvalue weighted by molar-refractivity contribution is -0.139. The van der Waals surface area contributed by atoms with Crippen LogP contribution in [0.2, 0.25) is 10.0 Å². The van der Waals surface area contributed by atoms with Crippen molar-refractivity contribution < 1.29 is 55.7 Å². The number of carbonyl (C=O) groups is 4. The Balaban J connectivity index is 0.000000206. The number of benzene rings is 3. The summed E-state index contributed by atoms with van der Waals surface area (Å²) in [6.45, 7) is 10.3. The van der Waals surface area contributed by atoms with Crippen molar-refractivity contribution in [1.82, 2.24) is 39.0 Å². The number of halogens is 8. The average molecular weight is 1120 g/mol. The molecule has 2 aliphatic rings. The van der Waals surface area contributed by atoms with Crippen LogP contribution in [0, 0.1) is 52.7 Å². The molecule has 2 aliphatic heterocycles. The molecule has 0 saturated carbocycles. The van der Waals surface area contributed by atoms with Crippen molar-refractivity contribution >= 4 is 75.6 Å². The van der Waals surface area contributed by atoms with Crippen LogP contribution >= 0.6 is 23.2 Å². The number of carboxylic acids is 2. The molecule has 2 fully saturated rings. The number of likely N-dealkylation sites (tertiary alicyclic amines) is 2. The second kappa shape index (κ2) is 23.6. The van der Waals surface area contributed by atoms with Crippen molar-refractivity contribution in [3.63, 3.8) is 0 Å². The van der Waals surface area contributed by atoms with E-state index in [1.54, 1.807) is 26.4 Å². The van der Waals surface area contributed by atoms with Crippen molar-refractivity contribution in [2.75, 3.05) is 49.6 Å². The van der Waals surface area contributed by atoms with E-state index in [0.29, 0.717) is 69.1 Å². The van der Waals surface area contributed by atoms with Crippen molar-refractivity contribution in [2.45, 2.75) is 72.3 Å². The van der Waals surface area contributed by atoms with Gasteiger partial charge in [-0.3, -0.25) is 19.2 Å². The van der Waals surface area contributed by atoms with Gasteiger partial charge >= 0.3 is 11.9 Å². The lowest BCUT2D eigenvalue weighted by Crippen LogP contribution is -2.43. The molecule has 0 radical (unpaired) electrons. The number of rotatable bonds is 14. The van der Waals surface area contributed by atoms with Crippen LogP contribution in [0.4, 0.5) is 43.7 Å². The van der Waals surface area contributed by atoms with E-state index in [0.717, 1.165) is 30.7 Å². The normalized spacial score (nSPS) is 15.9. The second-order valence-electron chi connectivity index (χ2n) is 19.7. The third-order valence-electron chi connectivity index (χ3n) is 14.0. The largest absolute Gasteiger partial charge is 0.481 e. The Bertz CT molecular complexity index is 3380. The number of hydrogen-bond acceptors (Lipinski definition) is 10. The van der Waals surface area contributed by atoms with E-state index in [1.807, 2.05) is 27.7 Å². The van der Waals surface area contributed by atoms with Crippen molar-refractivity contribution in [2.24, 2.45) is 17.8 Å². The minimum atomic E-state index is -1.63. The fourth-order valence-electron chi connectivity index (χ4n) is 9.89. The number of fused-ring (bicyclic) bond motifs is 2. The predicted octanol–water partition coefficient (Wildman–Crippen LogP) is 11.2. The molecule has 412 valence electrons. The molecule has 7 aromatic rings. The van der Waals surface area contributed by atoms with Gasteiger partial charge in [0.25, 0.3) is 11.8 Å². The zero-order chi connectivity index (χ0) is 56.4. The highest BCUT2D eigenvalue weighted by Crippen LogP contribution is 2.37. The van der Waals surface area contributed by atoms with Gasteiger partial charge in [-0.1, -0.05) is 43.1 Å². The number of anilines is 3. The summed E-state index contributed by atoms with van der Waals surface area (Å²) in [6.07, 6.45) is 2.61. The lowest BCUT2D eigenvalue weighted by Gasteiger charge is -2.36. The van der Waals surface area contributed by atoms with Gasteiger partial charge in [-0.2, -0.15) is 19.2 Å². The van der Waals surface area contributed by atoms with E-state index < -0.39 is 57.8 Å². The minimum Gasteiger partial charge on any atom is -0.481 e. The van der Waals surface area contributed by atoms with E-state index in [9.17, 15) is 45.5 Å². The van der Waals surface area contributed by atoms with Gasteiger partial charge < -0.3 is 29.8 Å². The zero-order valence-corrected chi connectivity index (χ0v) is 44.5. The number of amides is 2. The van der Waals surface area contributed by atoms with Crippen LogP contribution in [0.5, 0.6) is 0 Å². The summed E-state index contributed by atoms with van der Waals surface area (Å²) in [5.41, 5.74) is 1.11. The Morgan fingerprint density at radius 2 is 1.21 bits per heavy atom. The Labute approximate surface area is 453 Å². The van der Waals surface area contributed by atoms with E-state index in [-0.39, 0.29) is 92.9 Å². The Morgan fingerprint density at radius 1 is 0.692 bits per heavy atom. The summed E-state index contributed by atoms with van der Waals surface area (Å²) in [5.74, 6) is -8.49. The van der Waals surface area contributed by atoms with Gasteiger partial charge in [0.15, 0.2) is 40.1 Å². The quantitative estimate of drug-likeness (QED) is 0.0778. The number of hydrogen-bond donors (Lipinski definition) is 2. The van der Waals surface area contributed by atoms with Gasteiger partial charge in [0, 0.05) is 94.0 Å². The van der Waals surface area contributed by atoms with Gasteiger partial charge in [-0.25, -0.2) is 36.3 Å². The highest BCUT2D eigenvalue weighted by Gasteiger charge is 2.33. The van der Waals surface area contributed by atoms with Gasteiger partial charge in [0.05, 0.1) is 22.1 Å². The summed E-state index contributed by atoms with van der Waals surface area (Å²) in [6, 6.07) is 14.1. The monoisotopic (exact) mass is 1120 g/mol. The fourth-order valence-corrected chi connectivity index (χ4v) is 10.3.